The summed E-state index contributed by atoms with van der Waals surface area (Å²) in [5.74, 6) is 0.604. The van der Waals surface area contributed by atoms with Crippen molar-refractivity contribution in [1.29, 1.82) is 0 Å². The summed E-state index contributed by atoms with van der Waals surface area (Å²) < 4.78 is 5.59. The molecule has 3 aliphatic rings. The van der Waals surface area contributed by atoms with E-state index in [2.05, 4.69) is 15.5 Å². The van der Waals surface area contributed by atoms with E-state index in [-0.39, 0.29) is 11.9 Å². The largest absolute Gasteiger partial charge is 0.339 e. The lowest BCUT2D eigenvalue weighted by Gasteiger charge is -2.27. The number of nitrogens with one attached hydrogen (secondary N) is 1. The number of hydrogen-bond donors (Lipinski definition) is 1. The molecular weight excluding hydrogens is 316 g/mol. The highest BCUT2D eigenvalue weighted by Crippen LogP contribution is 2.41. The van der Waals surface area contributed by atoms with Crippen LogP contribution in [-0.4, -0.2) is 40.6 Å². The van der Waals surface area contributed by atoms with Crippen LogP contribution in [0.25, 0.3) is 11.1 Å². The van der Waals surface area contributed by atoms with E-state index in [9.17, 15) is 4.79 Å². The minimum atomic E-state index is 0.122. The van der Waals surface area contributed by atoms with Crippen molar-refractivity contribution in [3.8, 4) is 0 Å². The maximum atomic E-state index is 13.3. The topological polar surface area (TPSA) is 71.3 Å². The fraction of sp³-hybridized carbons (Fsp3) is 0.632. The number of carbonyl (C=O) groups excluding carboxylic acids is 1. The molecule has 6 heteroatoms. The monoisotopic (exact) mass is 340 g/mol. The Morgan fingerprint density at radius 2 is 2.00 bits per heavy atom. The predicted molar refractivity (Wildman–Crippen MR) is 93.5 cm³/mol. The number of hydrogen-bond acceptors (Lipinski definition) is 5. The van der Waals surface area contributed by atoms with Gasteiger partial charge in [0.05, 0.1) is 17.0 Å². The second kappa shape index (κ2) is 6.09. The molecule has 1 N–H and O–H groups in total. The summed E-state index contributed by atoms with van der Waals surface area (Å²) in [6, 6.07) is 2.19. The van der Waals surface area contributed by atoms with E-state index in [0.717, 1.165) is 80.5 Å². The van der Waals surface area contributed by atoms with Gasteiger partial charge in [0.2, 0.25) is 0 Å². The summed E-state index contributed by atoms with van der Waals surface area (Å²) >= 11 is 0. The lowest BCUT2D eigenvalue weighted by molar-refractivity contribution is 0.0726. The van der Waals surface area contributed by atoms with Gasteiger partial charge < -0.3 is 14.7 Å². The Hall–Kier alpha value is -1.95. The van der Waals surface area contributed by atoms with Crippen LogP contribution in [0.2, 0.25) is 0 Å². The van der Waals surface area contributed by atoms with Crippen LogP contribution >= 0.6 is 0 Å². The third kappa shape index (κ3) is 2.72. The molecule has 0 bridgehead atoms. The summed E-state index contributed by atoms with van der Waals surface area (Å²) in [4.78, 5) is 20.0. The van der Waals surface area contributed by atoms with Crippen molar-refractivity contribution in [2.75, 3.05) is 19.6 Å². The van der Waals surface area contributed by atoms with E-state index in [1.54, 1.807) is 0 Å². The number of rotatable bonds is 3. The molecule has 2 aromatic heterocycles. The molecule has 0 radical (unpaired) electrons. The van der Waals surface area contributed by atoms with Crippen molar-refractivity contribution in [2.24, 2.45) is 0 Å². The maximum Gasteiger partial charge on any atom is 0.259 e. The standard InChI is InChI=1S/C19H24N4O2/c24-19(23-9-2-1-3-10-23)13-11-15(12-6-7-12)21-18-16(13)17(22-25-18)14-5-4-8-20-14/h11-12,14,20H,1-10H2. The molecule has 25 heavy (non-hydrogen) atoms. The van der Waals surface area contributed by atoms with Crippen molar-refractivity contribution in [3.05, 3.63) is 23.0 Å². The van der Waals surface area contributed by atoms with Gasteiger partial charge in [0.15, 0.2) is 0 Å². The van der Waals surface area contributed by atoms with Gasteiger partial charge in [0.25, 0.3) is 11.6 Å². The van der Waals surface area contributed by atoms with Crippen LogP contribution in [0, 0.1) is 0 Å². The van der Waals surface area contributed by atoms with E-state index < -0.39 is 0 Å². The molecule has 0 spiro atoms. The average Bonchev–Trinajstić information content (AvgIpc) is 3.20. The van der Waals surface area contributed by atoms with Gasteiger partial charge in [-0.05, 0) is 57.6 Å². The fourth-order valence-electron chi connectivity index (χ4n) is 4.17. The van der Waals surface area contributed by atoms with Gasteiger partial charge >= 0.3 is 0 Å². The highest BCUT2D eigenvalue weighted by molar-refractivity contribution is 6.06. The van der Waals surface area contributed by atoms with Gasteiger partial charge in [-0.15, -0.1) is 0 Å². The van der Waals surface area contributed by atoms with Gasteiger partial charge in [-0.1, -0.05) is 5.16 Å². The Morgan fingerprint density at radius 1 is 1.16 bits per heavy atom. The van der Waals surface area contributed by atoms with Crippen molar-refractivity contribution in [1.82, 2.24) is 20.4 Å². The molecule has 1 amide bonds. The number of pyridine rings is 1. The van der Waals surface area contributed by atoms with Gasteiger partial charge in [-0.25, -0.2) is 4.98 Å². The number of likely N-dealkylation sites (tertiary alicyclic amines) is 1. The Morgan fingerprint density at radius 3 is 2.72 bits per heavy atom. The summed E-state index contributed by atoms with van der Waals surface area (Å²) in [6.07, 6.45) is 7.87. The molecule has 2 saturated heterocycles. The van der Waals surface area contributed by atoms with Crippen LogP contribution in [0.1, 0.15) is 78.7 Å². The Labute approximate surface area is 146 Å². The normalized spacial score (nSPS) is 24.2. The fourth-order valence-corrected chi connectivity index (χ4v) is 4.17. The molecule has 4 heterocycles. The quantitative estimate of drug-likeness (QED) is 0.929. The zero-order valence-corrected chi connectivity index (χ0v) is 14.5. The highest BCUT2D eigenvalue weighted by Gasteiger charge is 2.32. The molecule has 2 aliphatic heterocycles. The summed E-state index contributed by atoms with van der Waals surface area (Å²) in [5.41, 5.74) is 3.14. The Bertz CT molecular complexity index is 799. The average molecular weight is 340 g/mol. The molecule has 1 aliphatic carbocycles. The number of fused-ring (bicyclic) bond motifs is 1. The maximum absolute atomic E-state index is 13.3. The lowest BCUT2D eigenvalue weighted by Crippen LogP contribution is -2.35. The summed E-state index contributed by atoms with van der Waals surface area (Å²) in [5, 5.41) is 8.62. The van der Waals surface area contributed by atoms with Crippen LogP contribution in [-0.2, 0) is 0 Å². The Kier molecular flexibility index (Phi) is 3.73. The molecule has 5 rings (SSSR count). The van der Waals surface area contributed by atoms with Crippen LogP contribution in [0.15, 0.2) is 10.6 Å². The van der Waals surface area contributed by atoms with Crippen LogP contribution in [0.3, 0.4) is 0 Å². The third-order valence-corrected chi connectivity index (χ3v) is 5.75. The molecule has 0 aromatic carbocycles. The van der Waals surface area contributed by atoms with Crippen LogP contribution in [0.5, 0.6) is 0 Å². The molecule has 132 valence electrons. The van der Waals surface area contributed by atoms with Gasteiger partial charge in [-0.3, -0.25) is 4.79 Å². The second-order valence-electron chi connectivity index (χ2n) is 7.62. The number of nitrogens with zero attached hydrogens (tertiary/aromatic N) is 3. The van der Waals surface area contributed by atoms with Gasteiger partial charge in [-0.2, -0.15) is 0 Å². The van der Waals surface area contributed by atoms with Crippen molar-refractivity contribution in [2.45, 2.75) is 56.9 Å². The molecule has 1 saturated carbocycles. The van der Waals surface area contributed by atoms with Crippen LogP contribution < -0.4 is 5.32 Å². The number of carbonyl (C=O) groups is 1. The van der Waals surface area contributed by atoms with Gasteiger partial charge in [0, 0.05) is 24.7 Å². The van der Waals surface area contributed by atoms with E-state index in [0.29, 0.717) is 11.6 Å². The van der Waals surface area contributed by atoms with Crippen molar-refractivity contribution < 1.29 is 9.32 Å². The SMILES string of the molecule is O=C(c1cc(C2CC2)nc2onc(C3CCCN3)c12)N1CCCCC1. The van der Waals surface area contributed by atoms with Crippen molar-refractivity contribution in [3.63, 3.8) is 0 Å². The number of piperidine rings is 1. The first kappa shape index (κ1) is 15.3. The molecule has 3 fully saturated rings. The molecule has 2 aromatic rings. The number of amides is 1. The molecule has 1 atom stereocenters. The zero-order chi connectivity index (χ0) is 16.8. The predicted octanol–water partition coefficient (Wildman–Crippen LogP) is 3.15. The third-order valence-electron chi connectivity index (χ3n) is 5.75. The first-order chi connectivity index (χ1) is 12.3. The highest BCUT2D eigenvalue weighted by atomic mass is 16.5. The van der Waals surface area contributed by atoms with E-state index in [1.807, 2.05) is 11.0 Å². The smallest absolute Gasteiger partial charge is 0.259 e. The minimum Gasteiger partial charge on any atom is -0.339 e. The number of aromatic nitrogens is 2. The molecule has 1 unspecified atom stereocenters. The molecular formula is C19H24N4O2. The van der Waals surface area contributed by atoms with E-state index in [1.165, 1.54) is 6.42 Å². The first-order valence-electron chi connectivity index (χ1n) is 9.64. The molecule has 6 nitrogen and oxygen atoms in total. The summed E-state index contributed by atoms with van der Waals surface area (Å²) in [7, 11) is 0. The van der Waals surface area contributed by atoms with Gasteiger partial charge in [0.1, 0.15) is 5.69 Å². The second-order valence-corrected chi connectivity index (χ2v) is 7.62. The van der Waals surface area contributed by atoms with E-state index >= 15 is 0 Å². The van der Waals surface area contributed by atoms with E-state index in [4.69, 9.17) is 4.52 Å². The first-order valence-corrected chi connectivity index (χ1v) is 9.64. The Balaban J connectivity index is 1.62. The van der Waals surface area contributed by atoms with Crippen molar-refractivity contribution >= 4 is 17.0 Å². The zero-order valence-electron chi connectivity index (χ0n) is 14.5. The minimum absolute atomic E-state index is 0.122. The lowest BCUT2D eigenvalue weighted by atomic mass is 10.0. The summed E-state index contributed by atoms with van der Waals surface area (Å²) in [6.45, 7) is 2.69. The van der Waals surface area contributed by atoms with Crippen LogP contribution in [0.4, 0.5) is 0 Å².